The number of ketones is 1. The van der Waals surface area contributed by atoms with Gasteiger partial charge in [-0.05, 0) is 33.1 Å². The molecular weight excluding hydrogens is 394 g/mol. The van der Waals surface area contributed by atoms with Gasteiger partial charge in [-0.3, -0.25) is 14.4 Å². The second-order valence-corrected chi connectivity index (χ2v) is 8.12. The van der Waals surface area contributed by atoms with Crippen LogP contribution in [0, 0.1) is 0 Å². The molecule has 2 aliphatic rings. The highest BCUT2D eigenvalue weighted by Crippen LogP contribution is 2.53. The molecule has 2 aromatic rings. The molecule has 7 nitrogen and oxygen atoms in total. The van der Waals surface area contributed by atoms with Gasteiger partial charge >= 0.3 is 0 Å². The Morgan fingerprint density at radius 1 is 1.00 bits per heavy atom. The predicted octanol–water partition coefficient (Wildman–Crippen LogP) is 2.19. The number of hydrogen-bond acceptors (Lipinski definition) is 5. The second-order valence-electron chi connectivity index (χ2n) is 8.12. The number of amides is 2. The van der Waals surface area contributed by atoms with Crippen LogP contribution in [0.5, 0.6) is 0 Å². The molecule has 31 heavy (non-hydrogen) atoms. The monoisotopic (exact) mass is 419 g/mol. The number of aliphatic hydroxyl groups excluding tert-OH is 1. The third-order valence-electron chi connectivity index (χ3n) is 5.97. The maximum absolute atomic E-state index is 13.8. The first kappa shape index (κ1) is 20.8. The number of fused-ring (bicyclic) bond motifs is 2. The van der Waals surface area contributed by atoms with E-state index in [1.165, 1.54) is 9.80 Å². The van der Waals surface area contributed by atoms with E-state index in [0.717, 1.165) is 0 Å². The van der Waals surface area contributed by atoms with E-state index in [4.69, 9.17) is 0 Å². The highest BCUT2D eigenvalue weighted by atomic mass is 16.3. The number of carbonyl (C=O) groups is 3. The van der Waals surface area contributed by atoms with Crippen molar-refractivity contribution in [2.45, 2.75) is 12.0 Å². The molecule has 1 saturated heterocycles. The molecule has 7 heteroatoms. The Balaban J connectivity index is 1.99. The van der Waals surface area contributed by atoms with Gasteiger partial charge in [-0.2, -0.15) is 0 Å². The lowest BCUT2D eigenvalue weighted by Crippen LogP contribution is -2.51. The van der Waals surface area contributed by atoms with Gasteiger partial charge in [-0.25, -0.2) is 0 Å². The molecule has 4 rings (SSSR count). The highest BCUT2D eigenvalue weighted by Gasteiger charge is 2.66. The van der Waals surface area contributed by atoms with Gasteiger partial charge in [0.15, 0.2) is 5.54 Å². The Morgan fingerprint density at radius 2 is 1.65 bits per heavy atom. The van der Waals surface area contributed by atoms with E-state index >= 15 is 0 Å². The summed E-state index contributed by atoms with van der Waals surface area (Å²) < 4.78 is 0. The fourth-order valence-corrected chi connectivity index (χ4v) is 4.56. The molecule has 160 valence electrons. The normalized spacial score (nSPS) is 22.1. The number of anilines is 1. The summed E-state index contributed by atoms with van der Waals surface area (Å²) in [5.41, 5.74) is -0.315. The quantitative estimate of drug-likeness (QED) is 0.457. The van der Waals surface area contributed by atoms with Gasteiger partial charge in [-0.1, -0.05) is 48.5 Å². The Bertz CT molecular complexity index is 1090. The Labute approximate surface area is 181 Å². The molecule has 1 fully saturated rings. The lowest BCUT2D eigenvalue weighted by atomic mass is 9.82. The van der Waals surface area contributed by atoms with E-state index in [0.29, 0.717) is 29.8 Å². The molecule has 2 aromatic carbocycles. The van der Waals surface area contributed by atoms with Crippen LogP contribution in [0.2, 0.25) is 0 Å². The van der Waals surface area contributed by atoms with Gasteiger partial charge < -0.3 is 19.8 Å². The maximum Gasteiger partial charge on any atom is 0.296 e. The molecule has 0 bridgehead atoms. The zero-order chi connectivity index (χ0) is 22.3. The molecular formula is C24H25N3O4. The van der Waals surface area contributed by atoms with Crippen molar-refractivity contribution < 1.29 is 19.5 Å². The van der Waals surface area contributed by atoms with Gasteiger partial charge in [0.05, 0.1) is 5.57 Å². The number of benzene rings is 2. The number of nitrogens with zero attached hydrogens (tertiary/aromatic N) is 3. The Hall–Kier alpha value is -3.45. The first-order chi connectivity index (χ1) is 14.8. The Morgan fingerprint density at radius 3 is 2.32 bits per heavy atom. The van der Waals surface area contributed by atoms with Gasteiger partial charge in [-0.15, -0.1) is 0 Å². The standard InChI is InChI=1S/C24H25N3O4/c1-25(2)14-9-15-27-22(30)21(29)19(20(28)16-10-5-4-6-11-16)24(27)17-12-7-8-13-18(17)26(3)23(24)31/h4-8,10-13,28H,9,14-15H2,1-3H3. The Kier molecular flexibility index (Phi) is 5.15. The molecule has 0 saturated carbocycles. The number of likely N-dealkylation sites (tertiary alicyclic amines) is 1. The van der Waals surface area contributed by atoms with Crippen LogP contribution in [0.3, 0.4) is 0 Å². The van der Waals surface area contributed by atoms with Gasteiger partial charge in [0, 0.05) is 30.4 Å². The zero-order valence-electron chi connectivity index (χ0n) is 17.8. The number of para-hydroxylation sites is 1. The molecule has 2 amide bonds. The molecule has 2 aliphatic heterocycles. The smallest absolute Gasteiger partial charge is 0.296 e. The first-order valence-electron chi connectivity index (χ1n) is 10.2. The minimum Gasteiger partial charge on any atom is -0.507 e. The number of rotatable bonds is 5. The van der Waals surface area contributed by atoms with Gasteiger partial charge in [0.25, 0.3) is 17.6 Å². The van der Waals surface area contributed by atoms with E-state index in [1.54, 1.807) is 61.6 Å². The summed E-state index contributed by atoms with van der Waals surface area (Å²) in [7, 11) is 5.46. The van der Waals surface area contributed by atoms with Crippen molar-refractivity contribution in [2.24, 2.45) is 0 Å². The number of aliphatic hydroxyl groups is 1. The number of carbonyl (C=O) groups excluding carboxylic acids is 3. The minimum atomic E-state index is -1.67. The number of hydrogen-bond donors (Lipinski definition) is 1. The summed E-state index contributed by atoms with van der Waals surface area (Å²) >= 11 is 0. The molecule has 0 radical (unpaired) electrons. The molecule has 0 aromatic heterocycles. The summed E-state index contributed by atoms with van der Waals surface area (Å²) in [6, 6.07) is 15.7. The molecule has 2 heterocycles. The fraction of sp³-hybridized carbons (Fsp3) is 0.292. The van der Waals surface area contributed by atoms with Crippen LogP contribution >= 0.6 is 0 Å². The van der Waals surface area contributed by atoms with Crippen molar-refractivity contribution in [1.29, 1.82) is 0 Å². The summed E-state index contributed by atoms with van der Waals surface area (Å²) in [6.45, 7) is 0.895. The van der Waals surface area contributed by atoms with Crippen LogP contribution in [0.1, 0.15) is 17.5 Å². The first-order valence-corrected chi connectivity index (χ1v) is 10.2. The second kappa shape index (κ2) is 7.67. The van der Waals surface area contributed by atoms with Crippen molar-refractivity contribution in [3.63, 3.8) is 0 Å². The van der Waals surface area contributed by atoms with Gasteiger partial charge in [0.2, 0.25) is 0 Å². The summed E-state index contributed by atoms with van der Waals surface area (Å²) in [4.78, 5) is 45.0. The fourth-order valence-electron chi connectivity index (χ4n) is 4.56. The summed E-state index contributed by atoms with van der Waals surface area (Å²) in [5, 5.41) is 11.2. The molecule has 1 spiro atoms. The van der Waals surface area contributed by atoms with E-state index in [9.17, 15) is 19.5 Å². The van der Waals surface area contributed by atoms with Crippen molar-refractivity contribution in [2.75, 3.05) is 39.1 Å². The largest absolute Gasteiger partial charge is 0.507 e. The molecule has 1 atom stereocenters. The van der Waals surface area contributed by atoms with Crippen LogP contribution in [0.15, 0.2) is 60.2 Å². The highest BCUT2D eigenvalue weighted by molar-refractivity contribution is 6.50. The number of likely N-dealkylation sites (N-methyl/N-ethyl adjacent to an activating group) is 1. The van der Waals surface area contributed by atoms with Crippen molar-refractivity contribution in [3.05, 3.63) is 71.3 Å². The maximum atomic E-state index is 13.8. The van der Waals surface area contributed by atoms with E-state index in [-0.39, 0.29) is 17.9 Å². The van der Waals surface area contributed by atoms with E-state index in [2.05, 4.69) is 0 Å². The third kappa shape index (κ3) is 2.96. The van der Waals surface area contributed by atoms with Crippen molar-refractivity contribution in [1.82, 2.24) is 9.80 Å². The van der Waals surface area contributed by atoms with Crippen LogP contribution in [-0.2, 0) is 19.9 Å². The lowest BCUT2D eigenvalue weighted by Gasteiger charge is -2.34. The van der Waals surface area contributed by atoms with E-state index in [1.807, 2.05) is 19.0 Å². The predicted molar refractivity (Wildman–Crippen MR) is 117 cm³/mol. The summed E-state index contributed by atoms with van der Waals surface area (Å²) in [5.74, 6) is -2.37. The minimum absolute atomic E-state index is 0.171. The van der Waals surface area contributed by atoms with Crippen LogP contribution in [0.25, 0.3) is 5.76 Å². The topological polar surface area (TPSA) is 81.2 Å². The number of Topliss-reactive ketones (excluding diaryl/α,β-unsaturated/α-hetero) is 1. The third-order valence-corrected chi connectivity index (χ3v) is 5.97. The van der Waals surface area contributed by atoms with Crippen LogP contribution < -0.4 is 4.90 Å². The van der Waals surface area contributed by atoms with Crippen molar-refractivity contribution >= 4 is 29.0 Å². The summed E-state index contributed by atoms with van der Waals surface area (Å²) in [6.07, 6.45) is 0.576. The van der Waals surface area contributed by atoms with Crippen LogP contribution in [-0.4, -0.2) is 66.7 Å². The average Bonchev–Trinajstić information content (AvgIpc) is 3.13. The van der Waals surface area contributed by atoms with Crippen LogP contribution in [0.4, 0.5) is 5.69 Å². The molecule has 1 N–H and O–H groups in total. The average molecular weight is 419 g/mol. The van der Waals surface area contributed by atoms with E-state index < -0.39 is 23.1 Å². The lowest BCUT2D eigenvalue weighted by molar-refractivity contribution is -0.143. The van der Waals surface area contributed by atoms with Crippen molar-refractivity contribution in [3.8, 4) is 0 Å². The van der Waals surface area contributed by atoms with Gasteiger partial charge in [0.1, 0.15) is 5.76 Å². The molecule has 1 unspecified atom stereocenters. The molecule has 0 aliphatic carbocycles. The SMILES string of the molecule is CN(C)CCCN1C(=O)C(=O)C(=C(O)c2ccccc2)C12C(=O)N(C)c1ccccc12. The zero-order valence-corrected chi connectivity index (χ0v) is 17.8.